The molecule has 4 rings (SSSR count). The third-order valence-corrected chi connectivity index (χ3v) is 4.14. The van der Waals surface area contributed by atoms with Crippen LogP contribution in [0.3, 0.4) is 0 Å². The van der Waals surface area contributed by atoms with Crippen LogP contribution in [0.1, 0.15) is 16.1 Å². The lowest BCUT2D eigenvalue weighted by atomic mass is 10.1. The summed E-state index contributed by atoms with van der Waals surface area (Å²) >= 11 is 0. The summed E-state index contributed by atoms with van der Waals surface area (Å²) < 4.78 is 18.5. The number of nitrogens with zero attached hydrogens (tertiary/aromatic N) is 2. The number of amides is 1. The molecule has 7 nitrogen and oxygen atoms in total. The predicted octanol–water partition coefficient (Wildman–Crippen LogP) is 3.04. The molecule has 0 unspecified atom stereocenters. The second-order valence-electron chi connectivity index (χ2n) is 6.00. The second-order valence-corrected chi connectivity index (χ2v) is 6.00. The number of phenolic OH excluding ortho intramolecular Hbond substituents is 1. The van der Waals surface area contributed by atoms with Crippen molar-refractivity contribution in [2.45, 2.75) is 6.42 Å². The maximum Gasteiger partial charge on any atom is 0.273 e. The number of aromatic amines is 1. The number of aromatic nitrogens is 3. The van der Waals surface area contributed by atoms with Crippen LogP contribution in [0, 0.1) is 5.82 Å². The summed E-state index contributed by atoms with van der Waals surface area (Å²) in [6.07, 6.45) is 3.41. The van der Waals surface area contributed by atoms with Gasteiger partial charge in [-0.05, 0) is 30.2 Å². The largest absolute Gasteiger partial charge is 0.508 e. The summed E-state index contributed by atoms with van der Waals surface area (Å²) in [5, 5.41) is 16.7. The molecule has 0 saturated heterocycles. The van der Waals surface area contributed by atoms with Crippen LogP contribution in [0.15, 0.2) is 53.3 Å². The number of hydrogen-bond donors (Lipinski definition) is 3. The first-order valence-electron chi connectivity index (χ1n) is 8.26. The summed E-state index contributed by atoms with van der Waals surface area (Å²) in [6.45, 7) is 0.344. The molecular weight excluding hydrogens is 351 g/mol. The molecule has 0 atom stereocenters. The lowest BCUT2D eigenvalue weighted by molar-refractivity contribution is 0.0945. The second kappa shape index (κ2) is 6.91. The van der Waals surface area contributed by atoms with Gasteiger partial charge in [0.2, 0.25) is 0 Å². The van der Waals surface area contributed by atoms with E-state index in [1.54, 1.807) is 24.4 Å². The Hall–Kier alpha value is -3.68. The van der Waals surface area contributed by atoms with Crippen molar-refractivity contribution in [1.29, 1.82) is 0 Å². The van der Waals surface area contributed by atoms with Crippen molar-refractivity contribution in [3.8, 4) is 17.1 Å². The minimum Gasteiger partial charge on any atom is -0.508 e. The Balaban J connectivity index is 1.40. The molecule has 8 heteroatoms. The molecule has 4 aromatic rings. The van der Waals surface area contributed by atoms with Crippen molar-refractivity contribution >= 4 is 16.9 Å². The highest BCUT2D eigenvalue weighted by Crippen LogP contribution is 2.24. The number of fused-ring (bicyclic) bond motifs is 1. The fourth-order valence-electron chi connectivity index (χ4n) is 2.82. The number of carbonyl (C=O) groups is 1. The Morgan fingerprint density at radius 1 is 1.30 bits per heavy atom. The van der Waals surface area contributed by atoms with Gasteiger partial charge in [-0.25, -0.2) is 9.37 Å². The summed E-state index contributed by atoms with van der Waals surface area (Å²) in [4.78, 5) is 19.2. The molecule has 136 valence electrons. The van der Waals surface area contributed by atoms with Crippen LogP contribution in [0.5, 0.6) is 5.75 Å². The number of benzene rings is 1. The van der Waals surface area contributed by atoms with Gasteiger partial charge in [0.25, 0.3) is 5.91 Å². The standard InChI is InChI=1S/C19H15FN4O3/c20-13-7-15-12(9-22-18(15)23-10-13)4-5-21-19(26)16-8-17(27-24-16)11-2-1-3-14(25)6-11/h1-3,6-10,25H,4-5H2,(H,21,26)(H,22,23). The van der Waals surface area contributed by atoms with E-state index in [9.17, 15) is 14.3 Å². The average Bonchev–Trinajstić information content (AvgIpc) is 3.29. The van der Waals surface area contributed by atoms with Crippen molar-refractivity contribution in [3.05, 3.63) is 65.9 Å². The molecular formula is C19H15FN4O3. The first-order valence-corrected chi connectivity index (χ1v) is 8.26. The minimum atomic E-state index is -0.408. The molecule has 0 spiro atoms. The highest BCUT2D eigenvalue weighted by molar-refractivity contribution is 5.93. The van der Waals surface area contributed by atoms with Crippen LogP contribution in [-0.2, 0) is 6.42 Å². The summed E-state index contributed by atoms with van der Waals surface area (Å²) in [6, 6.07) is 9.40. The number of halogens is 1. The van der Waals surface area contributed by atoms with Crippen molar-refractivity contribution < 1.29 is 18.8 Å². The molecule has 1 aromatic carbocycles. The van der Waals surface area contributed by atoms with Gasteiger partial charge in [-0.2, -0.15) is 0 Å². The van der Waals surface area contributed by atoms with Crippen LogP contribution < -0.4 is 5.32 Å². The molecule has 27 heavy (non-hydrogen) atoms. The Kier molecular flexibility index (Phi) is 4.29. The van der Waals surface area contributed by atoms with Gasteiger partial charge in [-0.3, -0.25) is 4.79 Å². The van der Waals surface area contributed by atoms with Gasteiger partial charge in [-0.15, -0.1) is 0 Å². The highest BCUT2D eigenvalue weighted by Gasteiger charge is 2.14. The number of H-pyrrole nitrogens is 1. The SMILES string of the molecule is O=C(NCCc1c[nH]c2ncc(F)cc12)c1cc(-c2cccc(O)c2)on1. The van der Waals surface area contributed by atoms with E-state index in [4.69, 9.17) is 4.52 Å². The van der Waals surface area contributed by atoms with Crippen molar-refractivity contribution in [2.75, 3.05) is 6.54 Å². The van der Waals surface area contributed by atoms with Gasteiger partial charge >= 0.3 is 0 Å². The van der Waals surface area contributed by atoms with Crippen molar-refractivity contribution in [3.63, 3.8) is 0 Å². The monoisotopic (exact) mass is 366 g/mol. The molecule has 3 heterocycles. The highest BCUT2D eigenvalue weighted by atomic mass is 19.1. The Morgan fingerprint density at radius 3 is 3.04 bits per heavy atom. The zero-order valence-electron chi connectivity index (χ0n) is 14.1. The molecule has 0 bridgehead atoms. The summed E-state index contributed by atoms with van der Waals surface area (Å²) in [5.74, 6) is -0.308. The minimum absolute atomic E-state index is 0.0968. The van der Waals surface area contributed by atoms with Gasteiger partial charge in [0.15, 0.2) is 11.5 Å². The van der Waals surface area contributed by atoms with Crippen LogP contribution >= 0.6 is 0 Å². The average molecular weight is 366 g/mol. The molecule has 3 aromatic heterocycles. The van der Waals surface area contributed by atoms with E-state index < -0.39 is 5.82 Å². The van der Waals surface area contributed by atoms with E-state index in [0.717, 1.165) is 11.8 Å². The van der Waals surface area contributed by atoms with Gasteiger partial charge in [0, 0.05) is 29.8 Å². The fraction of sp³-hybridized carbons (Fsp3) is 0.105. The zero-order valence-corrected chi connectivity index (χ0v) is 14.1. The molecule has 3 N–H and O–H groups in total. The first kappa shape index (κ1) is 16.8. The van der Waals surface area contributed by atoms with E-state index in [1.807, 2.05) is 0 Å². The van der Waals surface area contributed by atoms with Gasteiger partial charge in [0.1, 0.15) is 17.2 Å². The van der Waals surface area contributed by atoms with Crippen LogP contribution in [0.4, 0.5) is 4.39 Å². The van der Waals surface area contributed by atoms with E-state index in [1.165, 1.54) is 18.2 Å². The number of phenols is 1. The van der Waals surface area contributed by atoms with Gasteiger partial charge in [-0.1, -0.05) is 17.3 Å². The number of carbonyl (C=O) groups excluding carboxylic acids is 1. The Labute approximate surface area is 152 Å². The normalized spacial score (nSPS) is 11.0. The molecule has 0 aliphatic rings. The number of rotatable bonds is 5. The third kappa shape index (κ3) is 3.50. The van der Waals surface area contributed by atoms with E-state index >= 15 is 0 Å². The van der Waals surface area contributed by atoms with Gasteiger partial charge in [0.05, 0.1) is 6.20 Å². The quantitative estimate of drug-likeness (QED) is 0.504. The molecule has 0 fully saturated rings. The lowest BCUT2D eigenvalue weighted by Crippen LogP contribution is -2.25. The van der Waals surface area contributed by atoms with Gasteiger partial charge < -0.3 is 19.9 Å². The smallest absolute Gasteiger partial charge is 0.273 e. The maximum absolute atomic E-state index is 13.4. The Bertz CT molecular complexity index is 1120. The van der Waals surface area contributed by atoms with E-state index in [2.05, 4.69) is 20.4 Å². The lowest BCUT2D eigenvalue weighted by Gasteiger charge is -2.02. The number of nitrogens with one attached hydrogen (secondary N) is 2. The zero-order chi connectivity index (χ0) is 18.8. The molecule has 1 amide bonds. The van der Waals surface area contributed by atoms with Crippen LogP contribution in [0.25, 0.3) is 22.4 Å². The fourth-order valence-corrected chi connectivity index (χ4v) is 2.82. The number of pyridine rings is 1. The van der Waals surface area contributed by atoms with Crippen molar-refractivity contribution in [1.82, 2.24) is 20.4 Å². The number of hydrogen-bond acceptors (Lipinski definition) is 5. The molecule has 0 radical (unpaired) electrons. The predicted molar refractivity (Wildman–Crippen MR) is 95.7 cm³/mol. The topological polar surface area (TPSA) is 104 Å². The summed E-state index contributed by atoms with van der Waals surface area (Å²) in [5.41, 5.74) is 2.22. The maximum atomic E-state index is 13.4. The molecule has 0 aliphatic heterocycles. The van der Waals surface area contributed by atoms with E-state index in [0.29, 0.717) is 35.3 Å². The van der Waals surface area contributed by atoms with Crippen LogP contribution in [-0.4, -0.2) is 32.7 Å². The molecule has 0 aliphatic carbocycles. The summed E-state index contributed by atoms with van der Waals surface area (Å²) in [7, 11) is 0. The number of aromatic hydroxyl groups is 1. The van der Waals surface area contributed by atoms with Crippen molar-refractivity contribution in [2.24, 2.45) is 0 Å². The molecule has 0 saturated carbocycles. The van der Waals surface area contributed by atoms with E-state index in [-0.39, 0.29) is 17.4 Å². The first-order chi connectivity index (χ1) is 13.1. The third-order valence-electron chi connectivity index (χ3n) is 4.14. The Morgan fingerprint density at radius 2 is 2.19 bits per heavy atom. The van der Waals surface area contributed by atoms with Crippen LogP contribution in [0.2, 0.25) is 0 Å².